The molecule has 0 saturated carbocycles. The molecule has 2 heterocycles. The molecule has 0 fully saturated rings. The summed E-state index contributed by atoms with van der Waals surface area (Å²) in [5.74, 6) is 0.357. The van der Waals surface area contributed by atoms with Crippen LogP contribution in [-0.4, -0.2) is 22.9 Å². The van der Waals surface area contributed by atoms with Gasteiger partial charge in [0.15, 0.2) is 5.78 Å². The van der Waals surface area contributed by atoms with Crippen LogP contribution in [0.1, 0.15) is 15.9 Å². The Morgan fingerprint density at radius 3 is 2.95 bits per heavy atom. The number of hydrogen-bond donors (Lipinski definition) is 2. The van der Waals surface area contributed by atoms with E-state index < -0.39 is 0 Å². The van der Waals surface area contributed by atoms with E-state index in [0.717, 1.165) is 5.39 Å². The number of fused-ring (bicyclic) bond motifs is 1. The Morgan fingerprint density at radius 1 is 1.30 bits per heavy atom. The minimum atomic E-state index is -0.145. The van der Waals surface area contributed by atoms with Gasteiger partial charge in [-0.25, -0.2) is 4.98 Å². The summed E-state index contributed by atoms with van der Waals surface area (Å²) < 4.78 is 5.23. The number of nitrogen functional groups attached to an aromatic ring is 1. The lowest BCUT2D eigenvalue weighted by molar-refractivity contribution is 0.103. The molecule has 0 unspecified atom stereocenters. The molecule has 0 spiro atoms. The fourth-order valence-corrected chi connectivity index (χ4v) is 2.19. The monoisotopic (exact) mass is 267 g/mol. The lowest BCUT2D eigenvalue weighted by Crippen LogP contribution is -2.04. The third kappa shape index (κ3) is 1.89. The summed E-state index contributed by atoms with van der Waals surface area (Å²) in [6, 6.07) is 8.66. The van der Waals surface area contributed by atoms with Crippen molar-refractivity contribution in [1.82, 2.24) is 9.97 Å². The summed E-state index contributed by atoms with van der Waals surface area (Å²) in [5, 5.41) is 0.780. The first kappa shape index (κ1) is 12.2. The second-order valence-corrected chi connectivity index (χ2v) is 4.39. The fourth-order valence-electron chi connectivity index (χ4n) is 2.19. The maximum absolute atomic E-state index is 12.7. The van der Waals surface area contributed by atoms with Crippen molar-refractivity contribution >= 4 is 22.5 Å². The number of carbonyl (C=O) groups excluding carboxylic acids is 1. The van der Waals surface area contributed by atoms with E-state index >= 15 is 0 Å². The highest BCUT2D eigenvalue weighted by atomic mass is 16.5. The summed E-state index contributed by atoms with van der Waals surface area (Å²) >= 11 is 0. The first-order valence-electron chi connectivity index (χ1n) is 6.11. The predicted molar refractivity (Wildman–Crippen MR) is 76.9 cm³/mol. The van der Waals surface area contributed by atoms with E-state index in [0.29, 0.717) is 28.2 Å². The Labute approximate surface area is 115 Å². The van der Waals surface area contributed by atoms with E-state index in [9.17, 15) is 4.79 Å². The summed E-state index contributed by atoms with van der Waals surface area (Å²) in [6.07, 6.45) is 3.33. The molecule has 3 N–H and O–H groups in total. The van der Waals surface area contributed by atoms with Crippen molar-refractivity contribution in [3.63, 3.8) is 0 Å². The number of nitrogens with two attached hydrogens (primary N) is 1. The van der Waals surface area contributed by atoms with Gasteiger partial charge in [-0.3, -0.25) is 4.79 Å². The van der Waals surface area contributed by atoms with Gasteiger partial charge in [-0.15, -0.1) is 0 Å². The van der Waals surface area contributed by atoms with Crippen LogP contribution >= 0.6 is 0 Å². The molecule has 0 saturated heterocycles. The number of methoxy groups -OCH3 is 1. The number of pyridine rings is 1. The topological polar surface area (TPSA) is 81.0 Å². The molecule has 2 aromatic heterocycles. The Morgan fingerprint density at radius 2 is 2.15 bits per heavy atom. The summed E-state index contributed by atoms with van der Waals surface area (Å²) in [6.45, 7) is 0. The number of nitrogens with one attached hydrogen (secondary N) is 1. The van der Waals surface area contributed by atoms with Crippen molar-refractivity contribution in [2.24, 2.45) is 0 Å². The van der Waals surface area contributed by atoms with E-state index in [2.05, 4.69) is 9.97 Å². The lowest BCUT2D eigenvalue weighted by Gasteiger charge is -2.08. The molecule has 5 nitrogen and oxygen atoms in total. The van der Waals surface area contributed by atoms with Crippen LogP contribution < -0.4 is 10.5 Å². The maximum atomic E-state index is 12.7. The normalized spacial score (nSPS) is 10.7. The number of hydrogen-bond acceptors (Lipinski definition) is 4. The molecule has 20 heavy (non-hydrogen) atoms. The average molecular weight is 267 g/mol. The molecule has 1 aromatic carbocycles. The van der Waals surface area contributed by atoms with Gasteiger partial charge in [0.2, 0.25) is 0 Å². The van der Waals surface area contributed by atoms with E-state index in [4.69, 9.17) is 10.5 Å². The smallest absolute Gasteiger partial charge is 0.199 e. The first-order chi connectivity index (χ1) is 9.70. The molecule has 0 aliphatic rings. The Balaban J connectivity index is 2.15. The predicted octanol–water partition coefficient (Wildman–Crippen LogP) is 2.38. The van der Waals surface area contributed by atoms with Gasteiger partial charge in [0.1, 0.15) is 11.4 Å². The number of ketones is 1. The number of carbonyl (C=O) groups is 1. The highest BCUT2D eigenvalue weighted by molar-refractivity contribution is 6.17. The van der Waals surface area contributed by atoms with Crippen molar-refractivity contribution in [3.05, 3.63) is 53.9 Å². The van der Waals surface area contributed by atoms with Crippen LogP contribution in [0.2, 0.25) is 0 Å². The quantitative estimate of drug-likeness (QED) is 0.564. The van der Waals surface area contributed by atoms with Crippen LogP contribution in [0, 0.1) is 0 Å². The number of nitrogens with zero attached hydrogens (tertiary/aromatic N) is 1. The molecular weight excluding hydrogens is 254 g/mol. The second-order valence-electron chi connectivity index (χ2n) is 4.39. The summed E-state index contributed by atoms with van der Waals surface area (Å²) in [7, 11) is 1.53. The zero-order chi connectivity index (χ0) is 14.1. The minimum absolute atomic E-state index is 0.145. The van der Waals surface area contributed by atoms with Gasteiger partial charge >= 0.3 is 0 Å². The van der Waals surface area contributed by atoms with E-state index in [-0.39, 0.29) is 5.78 Å². The third-order valence-corrected chi connectivity index (χ3v) is 3.16. The van der Waals surface area contributed by atoms with Crippen LogP contribution in [-0.2, 0) is 0 Å². The van der Waals surface area contributed by atoms with Gasteiger partial charge in [0.05, 0.1) is 12.7 Å². The standard InChI is InChI=1S/C15H13N3O2/c1-20-13-5-4-9(16)7-11(13)14(19)12-8-18-15-10(12)3-2-6-17-15/h2-8H,16H2,1H3,(H,17,18). The summed E-state index contributed by atoms with van der Waals surface area (Å²) in [5.41, 5.74) is 7.95. The first-order valence-corrected chi connectivity index (χ1v) is 6.11. The molecule has 0 aliphatic heterocycles. The van der Waals surface area contributed by atoms with E-state index in [1.807, 2.05) is 6.07 Å². The van der Waals surface area contributed by atoms with Crippen LogP contribution in [0.5, 0.6) is 5.75 Å². The van der Waals surface area contributed by atoms with Gasteiger partial charge in [-0.05, 0) is 30.3 Å². The Hall–Kier alpha value is -2.82. The number of anilines is 1. The zero-order valence-corrected chi connectivity index (χ0v) is 10.9. The minimum Gasteiger partial charge on any atom is -0.496 e. The van der Waals surface area contributed by atoms with Crippen molar-refractivity contribution in [2.45, 2.75) is 0 Å². The molecule has 0 radical (unpaired) electrons. The Kier molecular flexibility index (Phi) is 2.87. The highest BCUT2D eigenvalue weighted by Gasteiger charge is 2.18. The highest BCUT2D eigenvalue weighted by Crippen LogP contribution is 2.26. The molecule has 0 atom stereocenters. The van der Waals surface area contributed by atoms with E-state index in [1.165, 1.54) is 7.11 Å². The largest absolute Gasteiger partial charge is 0.496 e. The van der Waals surface area contributed by atoms with Gasteiger partial charge < -0.3 is 15.5 Å². The van der Waals surface area contributed by atoms with Crippen LogP contribution in [0.3, 0.4) is 0 Å². The summed E-state index contributed by atoms with van der Waals surface area (Å²) in [4.78, 5) is 19.8. The Bertz CT molecular complexity index is 793. The van der Waals surface area contributed by atoms with Crippen molar-refractivity contribution in [3.8, 4) is 5.75 Å². The molecule has 3 rings (SSSR count). The zero-order valence-electron chi connectivity index (χ0n) is 10.9. The number of aromatic nitrogens is 2. The second kappa shape index (κ2) is 4.70. The van der Waals surface area contributed by atoms with Gasteiger partial charge in [-0.2, -0.15) is 0 Å². The molecule has 100 valence electrons. The van der Waals surface area contributed by atoms with Crippen LogP contribution in [0.15, 0.2) is 42.7 Å². The third-order valence-electron chi connectivity index (χ3n) is 3.16. The SMILES string of the molecule is COc1ccc(N)cc1C(=O)c1c[nH]c2ncccc12. The van der Waals surface area contributed by atoms with Crippen LogP contribution in [0.25, 0.3) is 11.0 Å². The van der Waals surface area contributed by atoms with E-state index in [1.54, 1.807) is 36.7 Å². The number of benzene rings is 1. The van der Waals surface area contributed by atoms with Gasteiger partial charge in [0, 0.05) is 29.0 Å². The number of aromatic amines is 1. The van der Waals surface area contributed by atoms with Crippen LogP contribution in [0.4, 0.5) is 5.69 Å². The van der Waals surface area contributed by atoms with Gasteiger partial charge in [0.25, 0.3) is 0 Å². The number of H-pyrrole nitrogens is 1. The van der Waals surface area contributed by atoms with Crippen molar-refractivity contribution < 1.29 is 9.53 Å². The average Bonchev–Trinajstić information content (AvgIpc) is 2.90. The number of ether oxygens (including phenoxy) is 1. The lowest BCUT2D eigenvalue weighted by atomic mass is 10.0. The number of rotatable bonds is 3. The molecule has 0 aliphatic carbocycles. The fraction of sp³-hybridized carbons (Fsp3) is 0.0667. The molecule has 0 amide bonds. The maximum Gasteiger partial charge on any atom is 0.199 e. The van der Waals surface area contributed by atoms with Gasteiger partial charge in [-0.1, -0.05) is 0 Å². The molecule has 3 aromatic rings. The van der Waals surface area contributed by atoms with Crippen molar-refractivity contribution in [2.75, 3.05) is 12.8 Å². The molecule has 5 heteroatoms. The molecular formula is C15H13N3O2. The molecule has 0 bridgehead atoms. The van der Waals surface area contributed by atoms with Crippen molar-refractivity contribution in [1.29, 1.82) is 0 Å².